The highest BCUT2D eigenvalue weighted by atomic mass is 35.5. The highest BCUT2D eigenvalue weighted by molar-refractivity contribution is 7.89. The van der Waals surface area contributed by atoms with E-state index in [1.165, 1.54) is 25.1 Å². The molecule has 1 fully saturated rings. The number of benzene rings is 2. The lowest BCUT2D eigenvalue weighted by Gasteiger charge is -2.14. The molecule has 2 amide bonds. The zero-order valence-electron chi connectivity index (χ0n) is 15.4. The van der Waals surface area contributed by atoms with Gasteiger partial charge >= 0.3 is 0 Å². The smallest absolute Gasteiger partial charge is 0.256 e. The number of rotatable bonds is 6. The molecule has 0 radical (unpaired) electrons. The number of carbonyl (C=O) groups excluding carboxylic acids is 2. The Kier molecular flexibility index (Phi) is 5.74. The SMILES string of the molecule is CC(=O)Nc1ccc(Cl)cc1NC(=O)c1cc(S(=O)(=O)NC2CC2)ccc1C. The fourth-order valence-corrected chi connectivity index (χ4v) is 4.11. The Bertz CT molecular complexity index is 1050. The molecular weight excluding hydrogens is 402 g/mol. The molecule has 0 atom stereocenters. The van der Waals surface area contributed by atoms with Gasteiger partial charge in [0.2, 0.25) is 15.9 Å². The predicted octanol–water partition coefficient (Wildman–Crippen LogP) is 3.30. The zero-order valence-corrected chi connectivity index (χ0v) is 16.9. The minimum atomic E-state index is -3.68. The van der Waals surface area contributed by atoms with Gasteiger partial charge in [0.05, 0.1) is 16.3 Å². The maximum Gasteiger partial charge on any atom is 0.256 e. The molecule has 0 aromatic heterocycles. The van der Waals surface area contributed by atoms with E-state index in [-0.39, 0.29) is 22.4 Å². The third-order valence-corrected chi connectivity index (χ3v) is 5.96. The Morgan fingerprint density at radius 3 is 2.39 bits per heavy atom. The van der Waals surface area contributed by atoms with Gasteiger partial charge in [-0.1, -0.05) is 17.7 Å². The van der Waals surface area contributed by atoms with Crippen LogP contribution in [0.3, 0.4) is 0 Å². The number of hydrogen-bond donors (Lipinski definition) is 3. The first-order chi connectivity index (χ1) is 13.2. The summed E-state index contributed by atoms with van der Waals surface area (Å²) in [5, 5.41) is 5.69. The summed E-state index contributed by atoms with van der Waals surface area (Å²) in [7, 11) is -3.68. The van der Waals surface area contributed by atoms with Gasteiger partial charge in [0.25, 0.3) is 5.91 Å². The molecule has 0 aliphatic heterocycles. The molecule has 28 heavy (non-hydrogen) atoms. The van der Waals surface area contributed by atoms with Crippen LogP contribution in [0.4, 0.5) is 11.4 Å². The van der Waals surface area contributed by atoms with Crippen LogP contribution in [0.2, 0.25) is 5.02 Å². The Morgan fingerprint density at radius 2 is 1.75 bits per heavy atom. The molecule has 2 aromatic carbocycles. The number of anilines is 2. The van der Waals surface area contributed by atoms with E-state index in [0.717, 1.165) is 12.8 Å². The monoisotopic (exact) mass is 421 g/mol. The van der Waals surface area contributed by atoms with Gasteiger partial charge in [-0.15, -0.1) is 0 Å². The topological polar surface area (TPSA) is 104 Å². The molecule has 3 rings (SSSR count). The lowest BCUT2D eigenvalue weighted by atomic mass is 10.1. The molecule has 1 aliphatic rings. The minimum Gasteiger partial charge on any atom is -0.325 e. The summed E-state index contributed by atoms with van der Waals surface area (Å²) < 4.78 is 27.5. The summed E-state index contributed by atoms with van der Waals surface area (Å²) in [5.41, 5.74) is 1.54. The first-order valence-electron chi connectivity index (χ1n) is 8.67. The molecule has 0 heterocycles. The fourth-order valence-electron chi connectivity index (χ4n) is 2.61. The largest absolute Gasteiger partial charge is 0.325 e. The van der Waals surface area contributed by atoms with Gasteiger partial charge in [0.1, 0.15) is 0 Å². The molecule has 1 saturated carbocycles. The molecule has 1 aliphatic carbocycles. The second kappa shape index (κ2) is 7.90. The van der Waals surface area contributed by atoms with E-state index in [2.05, 4.69) is 15.4 Å². The van der Waals surface area contributed by atoms with Crippen LogP contribution in [-0.2, 0) is 14.8 Å². The normalized spacial score (nSPS) is 13.8. The van der Waals surface area contributed by atoms with E-state index in [1.54, 1.807) is 25.1 Å². The average Bonchev–Trinajstić information content (AvgIpc) is 3.40. The summed E-state index contributed by atoms with van der Waals surface area (Å²) in [4.78, 5) is 24.2. The van der Waals surface area contributed by atoms with Crippen molar-refractivity contribution in [1.29, 1.82) is 0 Å². The Balaban J connectivity index is 1.90. The second-order valence-corrected chi connectivity index (χ2v) is 8.85. The third kappa shape index (κ3) is 4.89. The minimum absolute atomic E-state index is 0.0309. The lowest BCUT2D eigenvalue weighted by Crippen LogP contribution is -2.26. The summed E-state index contributed by atoms with van der Waals surface area (Å²) in [5.74, 6) is -0.803. The Morgan fingerprint density at radius 1 is 1.04 bits per heavy atom. The molecular formula is C19H20ClN3O4S. The predicted molar refractivity (Wildman–Crippen MR) is 108 cm³/mol. The average molecular weight is 422 g/mol. The van der Waals surface area contributed by atoms with Crippen LogP contribution in [0.5, 0.6) is 0 Å². The standard InChI is InChI=1S/C19H20ClN3O4S/c1-11-3-7-15(28(26,27)23-14-5-6-14)10-16(11)19(25)22-18-9-13(20)4-8-17(18)21-12(2)24/h3-4,7-10,14,23H,5-6H2,1-2H3,(H,21,24)(H,22,25). The van der Waals surface area contributed by atoms with Gasteiger partial charge in [-0.25, -0.2) is 13.1 Å². The van der Waals surface area contributed by atoms with Crippen molar-refractivity contribution in [2.24, 2.45) is 0 Å². The van der Waals surface area contributed by atoms with Gasteiger partial charge < -0.3 is 10.6 Å². The van der Waals surface area contributed by atoms with Gasteiger partial charge in [-0.3, -0.25) is 9.59 Å². The molecule has 3 N–H and O–H groups in total. The number of aryl methyl sites for hydroxylation is 1. The van der Waals surface area contributed by atoms with E-state index in [4.69, 9.17) is 11.6 Å². The zero-order chi connectivity index (χ0) is 20.5. The van der Waals surface area contributed by atoms with Crippen molar-refractivity contribution in [2.45, 2.75) is 37.6 Å². The molecule has 0 spiro atoms. The van der Waals surface area contributed by atoms with Crippen LogP contribution in [0.25, 0.3) is 0 Å². The van der Waals surface area contributed by atoms with Gasteiger partial charge in [0.15, 0.2) is 0 Å². The summed E-state index contributed by atoms with van der Waals surface area (Å²) in [6.45, 7) is 3.07. The van der Waals surface area contributed by atoms with Gasteiger partial charge in [-0.05, 0) is 55.7 Å². The van der Waals surface area contributed by atoms with Crippen LogP contribution in [0, 0.1) is 6.92 Å². The van der Waals surface area contributed by atoms with Crippen LogP contribution in [0.15, 0.2) is 41.3 Å². The van der Waals surface area contributed by atoms with E-state index in [0.29, 0.717) is 22.0 Å². The highest BCUT2D eigenvalue weighted by Gasteiger charge is 2.28. The Hall–Kier alpha value is -2.42. The number of sulfonamides is 1. The van der Waals surface area contributed by atoms with Crippen LogP contribution < -0.4 is 15.4 Å². The summed E-state index contributed by atoms with van der Waals surface area (Å²) in [6, 6.07) is 9.04. The number of amides is 2. The lowest BCUT2D eigenvalue weighted by molar-refractivity contribution is -0.114. The molecule has 2 aromatic rings. The van der Waals surface area contributed by atoms with E-state index in [9.17, 15) is 18.0 Å². The number of halogens is 1. The first-order valence-corrected chi connectivity index (χ1v) is 10.5. The maximum atomic E-state index is 12.8. The second-order valence-electron chi connectivity index (χ2n) is 6.70. The summed E-state index contributed by atoms with van der Waals surface area (Å²) >= 11 is 6.00. The number of hydrogen-bond acceptors (Lipinski definition) is 4. The van der Waals surface area contributed by atoms with Crippen molar-refractivity contribution in [3.05, 3.63) is 52.5 Å². The maximum absolute atomic E-state index is 12.8. The molecule has 9 heteroatoms. The fraction of sp³-hybridized carbons (Fsp3) is 0.263. The third-order valence-electron chi connectivity index (χ3n) is 4.20. The van der Waals surface area contributed by atoms with Crippen LogP contribution in [-0.4, -0.2) is 26.3 Å². The van der Waals surface area contributed by atoms with Crippen LogP contribution in [0.1, 0.15) is 35.7 Å². The quantitative estimate of drug-likeness (QED) is 0.665. The number of carbonyl (C=O) groups is 2. The van der Waals surface area contributed by atoms with Crippen molar-refractivity contribution in [3.63, 3.8) is 0 Å². The van der Waals surface area contributed by atoms with E-state index >= 15 is 0 Å². The van der Waals surface area contributed by atoms with Crippen LogP contribution >= 0.6 is 11.6 Å². The van der Waals surface area contributed by atoms with Crippen molar-refractivity contribution in [3.8, 4) is 0 Å². The molecule has 0 bridgehead atoms. The number of nitrogens with one attached hydrogen (secondary N) is 3. The Labute approximate surface area is 168 Å². The highest BCUT2D eigenvalue weighted by Crippen LogP contribution is 2.27. The summed E-state index contributed by atoms with van der Waals surface area (Å²) in [6.07, 6.45) is 1.64. The van der Waals surface area contributed by atoms with Gasteiger partial charge in [0, 0.05) is 23.6 Å². The van der Waals surface area contributed by atoms with E-state index in [1.807, 2.05) is 0 Å². The first kappa shape index (κ1) is 20.3. The molecule has 0 unspecified atom stereocenters. The molecule has 0 saturated heterocycles. The van der Waals surface area contributed by atoms with E-state index < -0.39 is 15.9 Å². The van der Waals surface area contributed by atoms with Crippen molar-refractivity contribution >= 4 is 44.8 Å². The molecule has 7 nitrogen and oxygen atoms in total. The molecule has 148 valence electrons. The van der Waals surface area contributed by atoms with Crippen molar-refractivity contribution in [2.75, 3.05) is 10.6 Å². The van der Waals surface area contributed by atoms with Crippen molar-refractivity contribution < 1.29 is 18.0 Å². The van der Waals surface area contributed by atoms with Gasteiger partial charge in [-0.2, -0.15) is 0 Å². The van der Waals surface area contributed by atoms with Crippen molar-refractivity contribution in [1.82, 2.24) is 4.72 Å².